The van der Waals surface area contributed by atoms with Crippen molar-refractivity contribution >= 4 is 21.6 Å². The molecule has 12 heavy (non-hydrogen) atoms. The van der Waals surface area contributed by atoms with Crippen LogP contribution in [0.4, 0.5) is 0 Å². The maximum Gasteiger partial charge on any atom is 0.0741 e. The summed E-state index contributed by atoms with van der Waals surface area (Å²) in [6, 6.07) is 8.87. The van der Waals surface area contributed by atoms with E-state index in [2.05, 4.69) is 11.1 Å². The van der Waals surface area contributed by atoms with Crippen LogP contribution in [0, 0.1) is 20.4 Å². The molecule has 0 saturated heterocycles. The fraction of sp³-hybridized carbons (Fsp3) is 0.111. The number of nitrogens with zero attached hydrogens (tertiary/aromatic N) is 1. The molecular formula is C9H9NSY-2. The molecule has 2 rings (SSSR count). The van der Waals surface area contributed by atoms with E-state index in [4.69, 9.17) is 0 Å². The number of aromatic nitrogens is 1. The molecule has 0 spiro atoms. The standard InChI is InChI=1S/C8H6NS.CH3.Y/c1-6-9-7-4-2-3-5-8(7)10-6;;/h3-5H,1H3;1H3;/q2*-1;. The zero-order valence-corrected chi connectivity index (χ0v) is 10.8. The summed E-state index contributed by atoms with van der Waals surface area (Å²) in [4.78, 5) is 4.30. The van der Waals surface area contributed by atoms with Crippen molar-refractivity contribution in [3.63, 3.8) is 0 Å². The van der Waals surface area contributed by atoms with Gasteiger partial charge in [0.2, 0.25) is 0 Å². The Balaban J connectivity index is 0.000000605. The fourth-order valence-corrected chi connectivity index (χ4v) is 1.74. The molecule has 0 aliphatic rings. The van der Waals surface area contributed by atoms with Crippen LogP contribution in [0.3, 0.4) is 0 Å². The monoisotopic (exact) mass is 252 g/mol. The molecule has 0 saturated carbocycles. The Kier molecular flexibility index (Phi) is 5.14. The third kappa shape index (κ3) is 2.35. The Morgan fingerprint density at radius 3 is 2.92 bits per heavy atom. The van der Waals surface area contributed by atoms with Gasteiger partial charge in [-0.25, -0.2) is 0 Å². The van der Waals surface area contributed by atoms with Crippen LogP contribution in [0.5, 0.6) is 0 Å². The molecule has 2 aromatic rings. The smallest absolute Gasteiger partial charge is 0.0741 e. The quantitative estimate of drug-likeness (QED) is 0.657. The van der Waals surface area contributed by atoms with Crippen molar-refractivity contribution in [2.75, 3.05) is 0 Å². The van der Waals surface area contributed by atoms with Crippen LogP contribution in [-0.2, 0) is 32.7 Å². The maximum absolute atomic E-state index is 4.30. The molecule has 0 aliphatic heterocycles. The van der Waals surface area contributed by atoms with E-state index in [0.717, 1.165) is 10.5 Å². The largest absolute Gasteiger partial charge is 0.358 e. The van der Waals surface area contributed by atoms with Crippen molar-refractivity contribution in [1.29, 1.82) is 0 Å². The van der Waals surface area contributed by atoms with Crippen LogP contribution in [0.25, 0.3) is 10.2 Å². The SMILES string of the molecule is Cc1nc2c[c-]ccc2s1.[CH3-].[Y]. The number of aryl methyl sites for hydroxylation is 1. The minimum absolute atomic E-state index is 0. The molecular weight excluding hydrogens is 243 g/mol. The third-order valence-corrected chi connectivity index (χ3v) is 2.29. The summed E-state index contributed by atoms with van der Waals surface area (Å²) >= 11 is 1.72. The topological polar surface area (TPSA) is 12.9 Å². The van der Waals surface area contributed by atoms with Crippen LogP contribution in [0.2, 0.25) is 0 Å². The van der Waals surface area contributed by atoms with Crippen LogP contribution >= 0.6 is 11.3 Å². The molecule has 0 aliphatic carbocycles. The Hall–Kier alpha value is 0.214. The van der Waals surface area contributed by atoms with Gasteiger partial charge in [0.25, 0.3) is 0 Å². The number of hydrogen-bond donors (Lipinski definition) is 0. The average Bonchev–Trinajstić information content (AvgIpc) is 2.27. The van der Waals surface area contributed by atoms with E-state index in [1.54, 1.807) is 11.3 Å². The summed E-state index contributed by atoms with van der Waals surface area (Å²) < 4.78 is 1.25. The van der Waals surface area contributed by atoms with E-state index >= 15 is 0 Å². The zero-order chi connectivity index (χ0) is 6.97. The van der Waals surface area contributed by atoms with Gasteiger partial charge in [0.05, 0.1) is 5.01 Å². The van der Waals surface area contributed by atoms with Crippen LogP contribution in [0.15, 0.2) is 18.2 Å². The van der Waals surface area contributed by atoms with E-state index in [0.29, 0.717) is 0 Å². The second-order valence-corrected chi connectivity index (χ2v) is 3.36. The second-order valence-electron chi connectivity index (χ2n) is 2.13. The van der Waals surface area contributed by atoms with Crippen molar-refractivity contribution < 1.29 is 32.7 Å². The van der Waals surface area contributed by atoms with E-state index in [9.17, 15) is 0 Å². The fourth-order valence-electron chi connectivity index (χ4n) is 0.933. The first-order chi connectivity index (χ1) is 4.86. The Morgan fingerprint density at radius 1 is 1.50 bits per heavy atom. The van der Waals surface area contributed by atoms with Crippen molar-refractivity contribution in [3.05, 3.63) is 36.7 Å². The van der Waals surface area contributed by atoms with Gasteiger partial charge in [-0.05, 0) is 12.4 Å². The summed E-state index contributed by atoms with van der Waals surface area (Å²) in [6.45, 7) is 2.02. The first-order valence-electron chi connectivity index (χ1n) is 3.09. The Bertz CT molecular complexity index is 323. The molecule has 0 bridgehead atoms. The van der Waals surface area contributed by atoms with Crippen molar-refractivity contribution in [3.8, 4) is 0 Å². The van der Waals surface area contributed by atoms with E-state index < -0.39 is 0 Å². The van der Waals surface area contributed by atoms with Gasteiger partial charge in [-0.15, -0.1) is 11.3 Å². The average molecular weight is 252 g/mol. The second kappa shape index (κ2) is 5.05. The van der Waals surface area contributed by atoms with Gasteiger partial charge >= 0.3 is 0 Å². The van der Waals surface area contributed by atoms with E-state index in [1.807, 2.05) is 25.1 Å². The van der Waals surface area contributed by atoms with E-state index in [1.165, 1.54) is 4.70 Å². The zero-order valence-electron chi connectivity index (χ0n) is 7.16. The maximum atomic E-state index is 4.30. The first-order valence-corrected chi connectivity index (χ1v) is 3.91. The minimum atomic E-state index is 0. The number of hydrogen-bond acceptors (Lipinski definition) is 2. The van der Waals surface area contributed by atoms with Crippen LogP contribution < -0.4 is 0 Å². The van der Waals surface area contributed by atoms with E-state index in [-0.39, 0.29) is 40.1 Å². The summed E-state index contributed by atoms with van der Waals surface area (Å²) in [6.07, 6.45) is 0. The Labute approximate surface area is 102 Å². The predicted octanol–water partition coefficient (Wildman–Crippen LogP) is 2.85. The molecule has 1 aromatic heterocycles. The molecule has 1 radical (unpaired) electrons. The van der Waals surface area contributed by atoms with Crippen molar-refractivity contribution in [2.45, 2.75) is 6.92 Å². The normalized spacial score (nSPS) is 8.75. The predicted molar refractivity (Wildman–Crippen MR) is 49.6 cm³/mol. The molecule has 1 aromatic carbocycles. The summed E-state index contributed by atoms with van der Waals surface area (Å²) in [5.41, 5.74) is 1.06. The van der Waals surface area contributed by atoms with Crippen molar-refractivity contribution in [1.82, 2.24) is 4.98 Å². The van der Waals surface area contributed by atoms with Gasteiger partial charge in [0, 0.05) is 32.7 Å². The summed E-state index contributed by atoms with van der Waals surface area (Å²) in [5.74, 6) is 0. The van der Waals surface area contributed by atoms with Crippen molar-refractivity contribution in [2.24, 2.45) is 0 Å². The van der Waals surface area contributed by atoms with Gasteiger partial charge in [0.15, 0.2) is 0 Å². The van der Waals surface area contributed by atoms with Gasteiger partial charge in [0.1, 0.15) is 0 Å². The number of fused-ring (bicyclic) bond motifs is 1. The number of benzene rings is 1. The molecule has 1 heterocycles. The molecule has 1 nitrogen and oxygen atoms in total. The van der Waals surface area contributed by atoms with Gasteiger partial charge in [-0.3, -0.25) is 0 Å². The third-order valence-electron chi connectivity index (χ3n) is 1.34. The first kappa shape index (κ1) is 12.2. The molecule has 3 heteroatoms. The van der Waals surface area contributed by atoms with Gasteiger partial charge in [-0.2, -0.15) is 24.3 Å². The Morgan fingerprint density at radius 2 is 2.25 bits per heavy atom. The minimum Gasteiger partial charge on any atom is -0.358 e. The van der Waals surface area contributed by atoms with Gasteiger partial charge < -0.3 is 12.4 Å². The molecule has 0 N–H and O–H groups in total. The van der Waals surface area contributed by atoms with Crippen LogP contribution in [0.1, 0.15) is 5.01 Å². The number of thiazole rings is 1. The molecule has 0 fully saturated rings. The molecule has 61 valence electrons. The summed E-state index contributed by atoms with van der Waals surface area (Å²) in [7, 11) is 0. The van der Waals surface area contributed by atoms with Crippen LogP contribution in [-0.4, -0.2) is 4.98 Å². The van der Waals surface area contributed by atoms with Gasteiger partial charge in [-0.1, -0.05) is 4.70 Å². The molecule has 0 unspecified atom stereocenters. The number of rotatable bonds is 0. The molecule has 0 atom stereocenters. The summed E-state index contributed by atoms with van der Waals surface area (Å²) in [5, 5.41) is 1.12. The molecule has 0 amide bonds.